The lowest BCUT2D eigenvalue weighted by Crippen LogP contribution is -2.34. The van der Waals surface area contributed by atoms with Crippen LogP contribution in [0.2, 0.25) is 0 Å². The van der Waals surface area contributed by atoms with Crippen molar-refractivity contribution in [3.63, 3.8) is 0 Å². The van der Waals surface area contributed by atoms with Crippen molar-refractivity contribution in [2.24, 2.45) is 5.92 Å². The van der Waals surface area contributed by atoms with E-state index in [1.165, 1.54) is 16.3 Å². The summed E-state index contributed by atoms with van der Waals surface area (Å²) in [6, 6.07) is 23.7. The van der Waals surface area contributed by atoms with Gasteiger partial charge in [0.15, 0.2) is 0 Å². The van der Waals surface area contributed by atoms with E-state index >= 15 is 0 Å². The van der Waals surface area contributed by atoms with Crippen LogP contribution in [0.4, 0.5) is 11.4 Å². The first-order chi connectivity index (χ1) is 16.5. The molecule has 3 atom stereocenters. The lowest BCUT2D eigenvalue weighted by molar-refractivity contribution is -0.140. The van der Waals surface area contributed by atoms with Gasteiger partial charge < -0.3 is 20.2 Å². The van der Waals surface area contributed by atoms with E-state index in [9.17, 15) is 14.7 Å². The third-order valence-electron chi connectivity index (χ3n) is 7.13. The van der Waals surface area contributed by atoms with E-state index < -0.39 is 11.9 Å². The zero-order chi connectivity index (χ0) is 23.7. The van der Waals surface area contributed by atoms with Crippen LogP contribution in [0.5, 0.6) is 0 Å². The number of carboxylic acid groups (broad SMARTS) is 1. The second-order valence-corrected chi connectivity index (χ2v) is 9.30. The lowest BCUT2D eigenvalue weighted by Gasteiger charge is -2.24. The highest BCUT2D eigenvalue weighted by atomic mass is 16.4. The van der Waals surface area contributed by atoms with E-state index in [1.807, 2.05) is 18.1 Å². The highest BCUT2D eigenvalue weighted by molar-refractivity contribution is 5.86. The van der Waals surface area contributed by atoms with E-state index in [0.717, 1.165) is 30.9 Å². The number of benzene rings is 3. The summed E-state index contributed by atoms with van der Waals surface area (Å²) in [7, 11) is 0. The Bertz CT molecular complexity index is 1240. The molecule has 0 aromatic heterocycles. The van der Waals surface area contributed by atoms with Crippen LogP contribution in [0.3, 0.4) is 0 Å². The standard InChI is InChI=1S/C28H29N3O3/c1-19(26-8-4-6-20-5-2-3-7-27(20)26)29-22-13-14-30(17-22)23-9-11-24(12-10-23)31-16-21(28(33)34)15-25(31)18-32/h2-12,19,21-22,29H,13-17H2,1H3,(H,33,34)/t19-,21?,22+/m1/s1. The first-order valence-electron chi connectivity index (χ1n) is 11.9. The summed E-state index contributed by atoms with van der Waals surface area (Å²) in [6.07, 6.45) is 1.30. The van der Waals surface area contributed by atoms with Gasteiger partial charge in [-0.1, -0.05) is 42.5 Å². The van der Waals surface area contributed by atoms with Crippen molar-refractivity contribution < 1.29 is 14.7 Å². The van der Waals surface area contributed by atoms with Crippen molar-refractivity contribution in [2.45, 2.75) is 31.8 Å². The summed E-state index contributed by atoms with van der Waals surface area (Å²) in [5.74, 6) is 0.487. The number of carbonyl (C=O) groups excluding carboxylic acids is 1. The number of nitrogens with one attached hydrogen (secondary N) is 1. The van der Waals surface area contributed by atoms with E-state index in [2.05, 4.69) is 71.7 Å². The Morgan fingerprint density at radius 2 is 1.76 bits per heavy atom. The number of hydrogen-bond donors (Lipinski definition) is 2. The molecule has 2 aliphatic rings. The van der Waals surface area contributed by atoms with E-state index in [-0.39, 0.29) is 12.5 Å². The monoisotopic (exact) mass is 455 g/mol. The number of hydrogen-bond acceptors (Lipinski definition) is 5. The summed E-state index contributed by atoms with van der Waals surface area (Å²) in [5.41, 5.74) is 3.71. The Hall–Kier alpha value is -3.60. The molecule has 0 bridgehead atoms. The van der Waals surface area contributed by atoms with E-state index in [1.54, 1.807) is 4.90 Å². The molecule has 1 unspecified atom stereocenters. The molecule has 0 radical (unpaired) electrons. The Balaban J connectivity index is 1.24. The van der Waals surface area contributed by atoms with Crippen molar-refractivity contribution in [3.8, 4) is 0 Å². The van der Waals surface area contributed by atoms with Gasteiger partial charge in [-0.3, -0.25) is 4.79 Å². The van der Waals surface area contributed by atoms with Crippen molar-refractivity contribution >= 4 is 34.1 Å². The van der Waals surface area contributed by atoms with Gasteiger partial charge in [0, 0.05) is 49.5 Å². The molecule has 0 aliphatic carbocycles. The average Bonchev–Trinajstić information content (AvgIpc) is 3.51. The molecule has 0 saturated carbocycles. The topological polar surface area (TPSA) is 72.9 Å². The van der Waals surface area contributed by atoms with Crippen LogP contribution >= 0.6 is 0 Å². The van der Waals surface area contributed by atoms with E-state index in [0.29, 0.717) is 18.3 Å². The molecule has 5 rings (SSSR count). The normalized spacial score (nSPS) is 21.1. The smallest absolute Gasteiger partial charge is 0.308 e. The number of nitrogens with zero attached hydrogens (tertiary/aromatic N) is 2. The molecule has 34 heavy (non-hydrogen) atoms. The van der Waals surface area contributed by atoms with Crippen LogP contribution in [0.25, 0.3) is 10.8 Å². The second-order valence-electron chi connectivity index (χ2n) is 9.30. The van der Waals surface area contributed by atoms with Gasteiger partial charge in [-0.2, -0.15) is 0 Å². The number of allylic oxidation sites excluding steroid dienone is 1. The van der Waals surface area contributed by atoms with Gasteiger partial charge in [0.1, 0.15) is 11.6 Å². The van der Waals surface area contributed by atoms with Crippen LogP contribution < -0.4 is 15.1 Å². The molecule has 0 amide bonds. The molecule has 6 heteroatoms. The van der Waals surface area contributed by atoms with Gasteiger partial charge in [0.05, 0.1) is 5.92 Å². The van der Waals surface area contributed by atoms with Crippen molar-refractivity contribution in [1.29, 1.82) is 0 Å². The minimum Gasteiger partial charge on any atom is -0.481 e. The Morgan fingerprint density at radius 3 is 2.53 bits per heavy atom. The molecule has 0 spiro atoms. The molecular formula is C28H29N3O3. The second kappa shape index (κ2) is 9.34. The number of carbonyl (C=O) groups is 1. The predicted molar refractivity (Wildman–Crippen MR) is 135 cm³/mol. The van der Waals surface area contributed by atoms with Crippen molar-refractivity contribution in [2.75, 3.05) is 29.4 Å². The highest BCUT2D eigenvalue weighted by Gasteiger charge is 2.33. The van der Waals surface area contributed by atoms with Gasteiger partial charge in [0.25, 0.3) is 0 Å². The first kappa shape index (κ1) is 22.2. The summed E-state index contributed by atoms with van der Waals surface area (Å²) < 4.78 is 0. The Labute approximate surface area is 199 Å². The van der Waals surface area contributed by atoms with Crippen LogP contribution in [-0.4, -0.2) is 42.7 Å². The van der Waals surface area contributed by atoms with Gasteiger partial charge in [0.2, 0.25) is 0 Å². The molecule has 2 fully saturated rings. The number of carboxylic acids is 1. The maximum absolute atomic E-state index is 11.3. The fourth-order valence-corrected chi connectivity index (χ4v) is 5.31. The van der Waals surface area contributed by atoms with Crippen LogP contribution in [-0.2, 0) is 9.59 Å². The fraction of sp³-hybridized carbons (Fsp3) is 0.321. The van der Waals surface area contributed by atoms with Crippen LogP contribution in [0.1, 0.15) is 31.4 Å². The third-order valence-corrected chi connectivity index (χ3v) is 7.13. The van der Waals surface area contributed by atoms with Gasteiger partial charge in [-0.05, 0) is 53.9 Å². The third kappa shape index (κ3) is 4.30. The molecule has 2 saturated heterocycles. The number of fused-ring (bicyclic) bond motifs is 1. The predicted octanol–water partition coefficient (Wildman–Crippen LogP) is 4.40. The summed E-state index contributed by atoms with van der Waals surface area (Å²) in [4.78, 5) is 26.8. The molecule has 3 aromatic rings. The molecule has 2 heterocycles. The maximum Gasteiger partial charge on any atom is 0.308 e. The minimum atomic E-state index is -0.875. The Morgan fingerprint density at radius 1 is 1.03 bits per heavy atom. The molecule has 2 aliphatic heterocycles. The SMILES string of the molecule is C[C@@H](N[C@H]1CCN(c2ccc(N3CC(C(=O)O)CC3=C=O)cc2)C1)c1cccc2ccccc12. The quantitative estimate of drug-likeness (QED) is 0.537. The molecular weight excluding hydrogens is 426 g/mol. The largest absolute Gasteiger partial charge is 0.481 e. The van der Waals surface area contributed by atoms with E-state index in [4.69, 9.17) is 0 Å². The van der Waals surface area contributed by atoms with Crippen LogP contribution in [0, 0.1) is 5.92 Å². The van der Waals surface area contributed by atoms with Crippen LogP contribution in [0.15, 0.2) is 72.4 Å². The molecule has 174 valence electrons. The molecule has 2 N–H and O–H groups in total. The maximum atomic E-state index is 11.3. The Kier molecular flexibility index (Phi) is 6.10. The zero-order valence-corrected chi connectivity index (χ0v) is 19.3. The number of rotatable bonds is 6. The van der Waals surface area contributed by atoms with Gasteiger partial charge in [-0.25, -0.2) is 4.79 Å². The fourth-order valence-electron chi connectivity index (χ4n) is 5.31. The highest BCUT2D eigenvalue weighted by Crippen LogP contribution is 2.33. The number of anilines is 2. The summed E-state index contributed by atoms with van der Waals surface area (Å²) >= 11 is 0. The van der Waals surface area contributed by atoms with Crippen molar-refractivity contribution in [1.82, 2.24) is 5.32 Å². The summed E-state index contributed by atoms with van der Waals surface area (Å²) in [5, 5.41) is 15.7. The minimum absolute atomic E-state index is 0.231. The molecule has 6 nitrogen and oxygen atoms in total. The zero-order valence-electron chi connectivity index (χ0n) is 19.3. The molecule has 3 aromatic carbocycles. The first-order valence-corrected chi connectivity index (χ1v) is 11.9. The average molecular weight is 456 g/mol. The van der Waals surface area contributed by atoms with Gasteiger partial charge in [-0.15, -0.1) is 0 Å². The number of aliphatic carboxylic acids is 1. The van der Waals surface area contributed by atoms with Gasteiger partial charge >= 0.3 is 5.97 Å². The van der Waals surface area contributed by atoms with Crippen molar-refractivity contribution in [3.05, 3.63) is 78.0 Å². The lowest BCUT2D eigenvalue weighted by atomic mass is 9.99. The summed E-state index contributed by atoms with van der Waals surface area (Å²) in [6.45, 7) is 4.45.